The number of carbonyl (C=O) groups is 1. The number of benzene rings is 2. The van der Waals surface area contributed by atoms with Crippen LogP contribution in [0.2, 0.25) is 0 Å². The molecule has 3 fully saturated rings. The summed E-state index contributed by atoms with van der Waals surface area (Å²) in [5.41, 5.74) is 6.19. The van der Waals surface area contributed by atoms with Crippen LogP contribution in [0.3, 0.4) is 0 Å². The summed E-state index contributed by atoms with van der Waals surface area (Å²) in [6.07, 6.45) is 6.53. The Morgan fingerprint density at radius 3 is 2.76 bits per heavy atom. The fourth-order valence-electron chi connectivity index (χ4n) is 6.07. The number of ether oxygens (including phenoxy) is 1. The smallest absolute Gasteiger partial charge is 0.246 e. The van der Waals surface area contributed by atoms with E-state index in [0.717, 1.165) is 68.9 Å². The van der Waals surface area contributed by atoms with Gasteiger partial charge in [0, 0.05) is 31.3 Å². The highest BCUT2D eigenvalue weighted by Gasteiger charge is 2.59. The average molecular weight is 506 g/mol. The number of fused-ring (bicyclic) bond motifs is 3. The predicted octanol–water partition coefficient (Wildman–Crippen LogP) is 4.68. The number of aryl methyl sites for hydroxylation is 3. The third-order valence-electron chi connectivity index (χ3n) is 8.07. The fraction of sp³-hybridized carbons (Fsp3) is 0.276. The van der Waals surface area contributed by atoms with Crippen LogP contribution in [-0.2, 0) is 17.4 Å². The Kier molecular flexibility index (Phi) is 4.76. The quantitative estimate of drug-likeness (QED) is 0.322. The second kappa shape index (κ2) is 7.98. The van der Waals surface area contributed by atoms with Crippen LogP contribution >= 0.6 is 0 Å². The molecule has 5 heterocycles. The van der Waals surface area contributed by atoms with Gasteiger partial charge in [0.25, 0.3) is 0 Å². The molecule has 190 valence electrons. The topological polar surface area (TPSA) is 91.0 Å². The van der Waals surface area contributed by atoms with Gasteiger partial charge < -0.3 is 14.2 Å². The molecule has 9 nitrogen and oxygen atoms in total. The lowest BCUT2D eigenvalue weighted by molar-refractivity contribution is -0.126. The number of hydrogen-bond donors (Lipinski definition) is 0. The molecule has 3 aromatic heterocycles. The Labute approximate surface area is 219 Å². The number of amides is 1. The SMILES string of the molecule is C=CC(=O)N1CC2(n3nc(-c4ccc(Oc5ccc6c(c5)ncn6C)c(C)c4)c4c(C)ncnc43)CC1C2. The first-order chi connectivity index (χ1) is 18.4. The molecule has 0 unspecified atom stereocenters. The monoisotopic (exact) mass is 505 g/mol. The number of hydrogen-bond acceptors (Lipinski definition) is 6. The summed E-state index contributed by atoms with van der Waals surface area (Å²) >= 11 is 0. The van der Waals surface area contributed by atoms with Gasteiger partial charge in [-0.05, 0) is 68.7 Å². The van der Waals surface area contributed by atoms with E-state index in [-0.39, 0.29) is 17.5 Å². The molecule has 2 aromatic carbocycles. The lowest BCUT2D eigenvalue weighted by atomic mass is 9.78. The predicted molar refractivity (Wildman–Crippen MR) is 144 cm³/mol. The molecule has 9 heteroatoms. The molecule has 0 radical (unpaired) electrons. The molecular weight excluding hydrogens is 478 g/mol. The number of aromatic nitrogens is 6. The van der Waals surface area contributed by atoms with Gasteiger partial charge in [-0.25, -0.2) is 19.6 Å². The van der Waals surface area contributed by atoms with Crippen LogP contribution in [-0.4, -0.2) is 52.7 Å². The van der Waals surface area contributed by atoms with E-state index in [4.69, 9.17) is 9.84 Å². The summed E-state index contributed by atoms with van der Waals surface area (Å²) < 4.78 is 10.3. The van der Waals surface area contributed by atoms with Crippen LogP contribution in [0.1, 0.15) is 24.1 Å². The van der Waals surface area contributed by atoms with Crippen molar-refractivity contribution in [2.75, 3.05) is 6.54 Å². The van der Waals surface area contributed by atoms with Crippen LogP contribution in [0.4, 0.5) is 0 Å². The lowest BCUT2D eigenvalue weighted by Gasteiger charge is -2.37. The zero-order chi connectivity index (χ0) is 26.2. The average Bonchev–Trinajstić information content (AvgIpc) is 3.65. The molecular formula is C29H27N7O2. The van der Waals surface area contributed by atoms with Crippen LogP contribution in [0.15, 0.2) is 61.7 Å². The minimum absolute atomic E-state index is 0.0229. The highest BCUT2D eigenvalue weighted by atomic mass is 16.5. The van der Waals surface area contributed by atoms with Crippen LogP contribution in [0.25, 0.3) is 33.3 Å². The summed E-state index contributed by atoms with van der Waals surface area (Å²) in [6, 6.07) is 12.3. The van der Waals surface area contributed by atoms with E-state index in [1.807, 2.05) is 65.4 Å². The van der Waals surface area contributed by atoms with Crippen molar-refractivity contribution in [3.8, 4) is 22.8 Å². The van der Waals surface area contributed by atoms with Gasteiger partial charge >= 0.3 is 0 Å². The van der Waals surface area contributed by atoms with E-state index in [0.29, 0.717) is 6.54 Å². The van der Waals surface area contributed by atoms with Crippen molar-refractivity contribution >= 4 is 28.0 Å². The molecule has 5 aromatic rings. The van der Waals surface area contributed by atoms with Crippen LogP contribution in [0.5, 0.6) is 11.5 Å². The van der Waals surface area contributed by atoms with E-state index in [9.17, 15) is 4.79 Å². The molecule has 0 atom stereocenters. The maximum absolute atomic E-state index is 12.4. The van der Waals surface area contributed by atoms with Gasteiger partial charge in [0.2, 0.25) is 5.91 Å². The first kappa shape index (κ1) is 22.7. The number of carbonyl (C=O) groups excluding carboxylic acids is 1. The van der Waals surface area contributed by atoms with Crippen molar-refractivity contribution in [2.45, 2.75) is 38.3 Å². The summed E-state index contributed by atoms with van der Waals surface area (Å²) in [7, 11) is 1.98. The molecule has 38 heavy (non-hydrogen) atoms. The summed E-state index contributed by atoms with van der Waals surface area (Å²) in [4.78, 5) is 27.8. The molecule has 1 saturated carbocycles. The minimum atomic E-state index is -0.247. The number of imidazole rings is 1. The fourth-order valence-corrected chi connectivity index (χ4v) is 6.07. The summed E-state index contributed by atoms with van der Waals surface area (Å²) in [5, 5.41) is 6.06. The Bertz CT molecular complexity index is 1780. The van der Waals surface area contributed by atoms with Crippen LogP contribution in [0, 0.1) is 13.8 Å². The van der Waals surface area contributed by atoms with Crippen molar-refractivity contribution in [1.29, 1.82) is 0 Å². The second-order valence-electron chi connectivity index (χ2n) is 10.5. The molecule has 1 aliphatic carbocycles. The van der Waals surface area contributed by atoms with E-state index < -0.39 is 0 Å². The van der Waals surface area contributed by atoms with Gasteiger partial charge in [0.1, 0.15) is 23.5 Å². The molecule has 2 bridgehead atoms. The molecule has 1 amide bonds. The lowest BCUT2D eigenvalue weighted by Crippen LogP contribution is -2.44. The first-order valence-corrected chi connectivity index (χ1v) is 12.7. The van der Waals surface area contributed by atoms with Crippen molar-refractivity contribution < 1.29 is 9.53 Å². The van der Waals surface area contributed by atoms with Gasteiger partial charge in [-0.1, -0.05) is 6.58 Å². The van der Waals surface area contributed by atoms with E-state index in [1.165, 1.54) is 6.08 Å². The third kappa shape index (κ3) is 3.21. The maximum atomic E-state index is 12.4. The van der Waals surface area contributed by atoms with Gasteiger partial charge in [-0.3, -0.25) is 4.79 Å². The highest BCUT2D eigenvalue weighted by molar-refractivity contribution is 5.93. The zero-order valence-corrected chi connectivity index (χ0v) is 21.5. The minimum Gasteiger partial charge on any atom is -0.457 e. The van der Waals surface area contributed by atoms with Gasteiger partial charge in [-0.2, -0.15) is 5.10 Å². The third-order valence-corrected chi connectivity index (χ3v) is 8.07. The van der Waals surface area contributed by atoms with Gasteiger partial charge in [-0.15, -0.1) is 0 Å². The Morgan fingerprint density at radius 2 is 1.97 bits per heavy atom. The number of nitrogens with zero attached hydrogens (tertiary/aromatic N) is 7. The van der Waals surface area contributed by atoms with E-state index in [2.05, 4.69) is 27.6 Å². The Balaban J connectivity index is 1.26. The van der Waals surface area contributed by atoms with Crippen molar-refractivity contribution in [3.63, 3.8) is 0 Å². The number of rotatable bonds is 5. The standard InChI is InChI=1S/C29H27N7O2/c1-5-25(37)35-14-29(12-20(35)13-29)36-28-26(18(3)30-15-31-28)27(33-36)19-6-9-24(17(2)10-19)38-21-7-8-23-22(11-21)32-16-34(23)4/h5-11,15-16,20H,1,12-14H2,2-4H3. The van der Waals surface area contributed by atoms with Crippen molar-refractivity contribution in [3.05, 3.63) is 73.0 Å². The first-order valence-electron chi connectivity index (χ1n) is 12.7. The van der Waals surface area contributed by atoms with Gasteiger partial charge in [0.15, 0.2) is 5.65 Å². The molecule has 3 aliphatic rings. The Morgan fingerprint density at radius 1 is 1.13 bits per heavy atom. The second-order valence-corrected chi connectivity index (χ2v) is 10.5. The summed E-state index contributed by atoms with van der Waals surface area (Å²) in [5.74, 6) is 1.49. The molecule has 2 aliphatic heterocycles. The molecule has 0 N–H and O–H groups in total. The highest BCUT2D eigenvalue weighted by Crippen LogP contribution is 2.51. The van der Waals surface area contributed by atoms with E-state index in [1.54, 1.807) is 12.7 Å². The van der Waals surface area contributed by atoms with Crippen molar-refractivity contribution in [1.82, 2.24) is 34.2 Å². The Hall–Kier alpha value is -4.53. The summed E-state index contributed by atoms with van der Waals surface area (Å²) in [6.45, 7) is 8.31. The largest absolute Gasteiger partial charge is 0.457 e. The van der Waals surface area contributed by atoms with Crippen LogP contribution < -0.4 is 4.74 Å². The normalized spacial score (nSPS) is 20.2. The van der Waals surface area contributed by atoms with Gasteiger partial charge in [0.05, 0.1) is 34.0 Å². The van der Waals surface area contributed by atoms with E-state index >= 15 is 0 Å². The molecule has 2 saturated heterocycles. The molecule has 8 rings (SSSR count). The molecule has 0 spiro atoms. The zero-order valence-electron chi connectivity index (χ0n) is 21.5. The maximum Gasteiger partial charge on any atom is 0.246 e. The van der Waals surface area contributed by atoms with Crippen molar-refractivity contribution in [2.24, 2.45) is 7.05 Å².